The minimum absolute atomic E-state index is 0.0287. The van der Waals surface area contributed by atoms with Crippen LogP contribution >= 0.6 is 11.8 Å². The fourth-order valence-electron chi connectivity index (χ4n) is 2.47. The van der Waals surface area contributed by atoms with Gasteiger partial charge in [0, 0.05) is 36.7 Å². The molecule has 2 amide bonds. The summed E-state index contributed by atoms with van der Waals surface area (Å²) in [6, 6.07) is 7.71. The zero-order valence-electron chi connectivity index (χ0n) is 14.0. The number of hydrogen-bond acceptors (Lipinski definition) is 3. The molecule has 0 spiro atoms. The molecule has 1 N–H and O–H groups in total. The molecule has 0 aliphatic carbocycles. The van der Waals surface area contributed by atoms with Crippen molar-refractivity contribution in [2.75, 3.05) is 19.3 Å². The van der Waals surface area contributed by atoms with Gasteiger partial charge in [-0.1, -0.05) is 23.8 Å². The number of likely N-dealkylation sites (tertiary alicyclic amines) is 1. The molecule has 124 valence electrons. The monoisotopic (exact) mass is 332 g/mol. The quantitative estimate of drug-likeness (QED) is 0.666. The van der Waals surface area contributed by atoms with Crippen LogP contribution in [0.1, 0.15) is 37.0 Å². The summed E-state index contributed by atoms with van der Waals surface area (Å²) in [5.74, 6) is 0.944. The minimum Gasteiger partial charge on any atom is -0.347 e. The lowest BCUT2D eigenvalue weighted by Gasteiger charge is -2.30. The van der Waals surface area contributed by atoms with E-state index in [1.54, 1.807) is 23.7 Å². The van der Waals surface area contributed by atoms with Gasteiger partial charge in [0.05, 0.1) is 5.56 Å². The smallest absolute Gasteiger partial charge is 0.252 e. The van der Waals surface area contributed by atoms with Gasteiger partial charge in [0.1, 0.15) is 0 Å². The molecule has 23 heavy (non-hydrogen) atoms. The maximum absolute atomic E-state index is 12.6. The van der Waals surface area contributed by atoms with E-state index in [0.717, 1.165) is 10.6 Å². The van der Waals surface area contributed by atoms with Gasteiger partial charge in [0.15, 0.2) is 0 Å². The van der Waals surface area contributed by atoms with Gasteiger partial charge in [-0.15, -0.1) is 11.8 Å². The van der Waals surface area contributed by atoms with Crippen LogP contribution in [0, 0.1) is 0 Å². The molecule has 1 aromatic carbocycles. The van der Waals surface area contributed by atoms with Crippen molar-refractivity contribution >= 4 is 23.6 Å². The van der Waals surface area contributed by atoms with Gasteiger partial charge in [-0.3, -0.25) is 9.59 Å². The maximum atomic E-state index is 12.6. The molecule has 1 aromatic rings. The van der Waals surface area contributed by atoms with Crippen molar-refractivity contribution in [1.29, 1.82) is 0 Å². The molecule has 2 rings (SSSR count). The first-order valence-corrected chi connectivity index (χ1v) is 8.86. The van der Waals surface area contributed by atoms with Crippen LogP contribution in [0.2, 0.25) is 0 Å². The highest BCUT2D eigenvalue weighted by molar-refractivity contribution is 7.99. The number of amides is 2. The highest BCUT2D eigenvalue weighted by Gasteiger charge is 2.24. The summed E-state index contributed by atoms with van der Waals surface area (Å²) in [5.41, 5.74) is 1.98. The second-order valence-corrected chi connectivity index (χ2v) is 7.13. The molecule has 0 unspecified atom stereocenters. The lowest BCUT2D eigenvalue weighted by atomic mass is 10.1. The second kappa shape index (κ2) is 8.20. The number of thioether (sulfide) groups is 1. The van der Waals surface area contributed by atoms with Gasteiger partial charge < -0.3 is 10.2 Å². The fraction of sp³-hybridized carbons (Fsp3) is 0.444. The normalized spacial score (nSPS) is 17.8. The van der Waals surface area contributed by atoms with Gasteiger partial charge >= 0.3 is 0 Å². The topological polar surface area (TPSA) is 49.4 Å². The minimum atomic E-state index is -0.0574. The molecular formula is C18H24N2O2S. The lowest BCUT2D eigenvalue weighted by molar-refractivity contribution is -0.132. The Labute approximate surface area is 142 Å². The number of likely N-dealkylation sites (N-methyl/N-ethyl adjacent to an activating group) is 1. The predicted molar refractivity (Wildman–Crippen MR) is 94.7 cm³/mol. The van der Waals surface area contributed by atoms with Crippen molar-refractivity contribution in [1.82, 2.24) is 10.2 Å². The number of benzene rings is 1. The van der Waals surface area contributed by atoms with E-state index in [2.05, 4.69) is 25.2 Å². The molecule has 0 bridgehead atoms. The van der Waals surface area contributed by atoms with Gasteiger partial charge in [0.2, 0.25) is 5.91 Å². The van der Waals surface area contributed by atoms with Crippen LogP contribution in [0.3, 0.4) is 0 Å². The van der Waals surface area contributed by atoms with Gasteiger partial charge in [-0.05, 0) is 32.4 Å². The Hall–Kier alpha value is -1.75. The molecule has 1 heterocycles. The molecule has 1 fully saturated rings. The fourth-order valence-corrected chi connectivity index (χ4v) is 3.56. The van der Waals surface area contributed by atoms with Gasteiger partial charge in [0.25, 0.3) is 5.91 Å². The van der Waals surface area contributed by atoms with E-state index in [4.69, 9.17) is 0 Å². The van der Waals surface area contributed by atoms with E-state index in [1.165, 1.54) is 5.57 Å². The Morgan fingerprint density at radius 3 is 2.83 bits per heavy atom. The van der Waals surface area contributed by atoms with E-state index in [1.807, 2.05) is 24.3 Å². The number of rotatable bonds is 5. The molecule has 4 nitrogen and oxygen atoms in total. The van der Waals surface area contributed by atoms with Crippen molar-refractivity contribution in [3.63, 3.8) is 0 Å². The lowest BCUT2D eigenvalue weighted by Crippen LogP contribution is -2.48. The molecule has 0 aromatic heterocycles. The molecule has 1 aliphatic rings. The summed E-state index contributed by atoms with van der Waals surface area (Å²) in [4.78, 5) is 26.8. The van der Waals surface area contributed by atoms with Crippen molar-refractivity contribution < 1.29 is 9.59 Å². The summed E-state index contributed by atoms with van der Waals surface area (Å²) in [6.45, 7) is 4.72. The van der Waals surface area contributed by atoms with Crippen LogP contribution in [-0.2, 0) is 4.79 Å². The molecule has 1 atom stereocenters. The Morgan fingerprint density at radius 1 is 1.39 bits per heavy atom. The summed E-state index contributed by atoms with van der Waals surface area (Å²) in [7, 11) is 1.78. The van der Waals surface area contributed by atoms with Crippen molar-refractivity contribution in [3.05, 3.63) is 41.5 Å². The van der Waals surface area contributed by atoms with E-state index in [9.17, 15) is 9.59 Å². The third-order valence-electron chi connectivity index (χ3n) is 3.82. The molecule has 1 aliphatic heterocycles. The van der Waals surface area contributed by atoms with E-state index in [0.29, 0.717) is 24.9 Å². The number of nitrogens with one attached hydrogen (secondary N) is 1. The standard InChI is InChI=1S/C18H24N2O2S/c1-13(2)10-11-23-16-7-5-4-6-15(16)18(22)19-14-8-9-17(21)20(3)12-14/h4-7,10,14H,8-9,11-12H2,1-3H3,(H,19,22)/t14-/m0/s1. The number of allylic oxidation sites excluding steroid dienone is 1. The molecule has 0 saturated carbocycles. The van der Waals surface area contributed by atoms with Crippen molar-refractivity contribution in [3.8, 4) is 0 Å². The second-order valence-electron chi connectivity index (χ2n) is 6.07. The zero-order valence-corrected chi connectivity index (χ0v) is 14.8. The highest BCUT2D eigenvalue weighted by Crippen LogP contribution is 2.23. The van der Waals surface area contributed by atoms with Crippen LogP contribution in [0.4, 0.5) is 0 Å². The first-order valence-electron chi connectivity index (χ1n) is 7.87. The van der Waals surface area contributed by atoms with Crippen molar-refractivity contribution in [2.24, 2.45) is 0 Å². The molecule has 1 saturated heterocycles. The number of hydrogen-bond donors (Lipinski definition) is 1. The summed E-state index contributed by atoms with van der Waals surface area (Å²) in [5, 5.41) is 3.06. The first kappa shape index (κ1) is 17.6. The maximum Gasteiger partial charge on any atom is 0.252 e. The summed E-state index contributed by atoms with van der Waals surface area (Å²) < 4.78 is 0. The summed E-state index contributed by atoms with van der Waals surface area (Å²) >= 11 is 1.66. The number of piperidine rings is 1. The zero-order chi connectivity index (χ0) is 16.8. The van der Waals surface area contributed by atoms with Crippen LogP contribution in [0.15, 0.2) is 40.8 Å². The predicted octanol–water partition coefficient (Wildman–Crippen LogP) is 3.10. The number of nitrogens with zero attached hydrogens (tertiary/aromatic N) is 1. The molecule has 5 heteroatoms. The van der Waals surface area contributed by atoms with Crippen LogP contribution < -0.4 is 5.32 Å². The van der Waals surface area contributed by atoms with Gasteiger partial charge in [-0.2, -0.15) is 0 Å². The average Bonchev–Trinajstić information content (AvgIpc) is 2.51. The molecule has 0 radical (unpaired) electrons. The summed E-state index contributed by atoms with van der Waals surface area (Å²) in [6.07, 6.45) is 3.36. The Bertz CT molecular complexity index is 609. The largest absolute Gasteiger partial charge is 0.347 e. The van der Waals surface area contributed by atoms with Gasteiger partial charge in [-0.25, -0.2) is 0 Å². The van der Waals surface area contributed by atoms with Crippen LogP contribution in [0.5, 0.6) is 0 Å². The van der Waals surface area contributed by atoms with E-state index >= 15 is 0 Å². The Balaban J connectivity index is 2.01. The highest BCUT2D eigenvalue weighted by atomic mass is 32.2. The first-order chi connectivity index (χ1) is 11.0. The Kier molecular flexibility index (Phi) is 6.28. The van der Waals surface area contributed by atoms with Crippen LogP contribution in [0.25, 0.3) is 0 Å². The Morgan fingerprint density at radius 2 is 2.13 bits per heavy atom. The average molecular weight is 332 g/mol. The number of carbonyl (C=O) groups excluding carboxylic acids is 2. The third kappa shape index (κ3) is 5.13. The van der Waals surface area contributed by atoms with E-state index < -0.39 is 0 Å². The SMILES string of the molecule is CC(C)=CCSc1ccccc1C(=O)N[C@H]1CCC(=O)N(C)C1. The third-order valence-corrected chi connectivity index (χ3v) is 4.82. The molecular weight excluding hydrogens is 308 g/mol. The number of carbonyl (C=O) groups is 2. The van der Waals surface area contributed by atoms with Crippen molar-refractivity contribution in [2.45, 2.75) is 37.6 Å². The van der Waals surface area contributed by atoms with Crippen LogP contribution in [-0.4, -0.2) is 42.1 Å². The van der Waals surface area contributed by atoms with E-state index in [-0.39, 0.29) is 17.9 Å².